The van der Waals surface area contributed by atoms with Crippen molar-refractivity contribution in [2.24, 2.45) is 0 Å². The van der Waals surface area contributed by atoms with Crippen LogP contribution in [0.1, 0.15) is 18.1 Å². The lowest BCUT2D eigenvalue weighted by Gasteiger charge is -2.39. The molecule has 2 aromatic rings. The van der Waals surface area contributed by atoms with Crippen molar-refractivity contribution < 1.29 is 4.79 Å². The highest BCUT2D eigenvalue weighted by atomic mass is 16.2. The number of nitrogens with zero attached hydrogens (tertiary/aromatic N) is 4. The van der Waals surface area contributed by atoms with E-state index in [9.17, 15) is 9.59 Å². The summed E-state index contributed by atoms with van der Waals surface area (Å²) in [6, 6.07) is 8.34. The van der Waals surface area contributed by atoms with Crippen molar-refractivity contribution in [2.75, 3.05) is 37.6 Å². The van der Waals surface area contributed by atoms with Crippen LogP contribution in [0.5, 0.6) is 0 Å². The molecule has 1 unspecified atom stereocenters. The Morgan fingerprint density at radius 1 is 1.11 bits per heavy atom. The van der Waals surface area contributed by atoms with Crippen LogP contribution in [0.25, 0.3) is 0 Å². The van der Waals surface area contributed by atoms with E-state index in [4.69, 9.17) is 0 Å². The van der Waals surface area contributed by atoms with Crippen molar-refractivity contribution in [3.05, 3.63) is 58.1 Å². The zero-order chi connectivity index (χ0) is 18.8. The van der Waals surface area contributed by atoms with Gasteiger partial charge in [0, 0.05) is 51.7 Å². The number of nitrogens with one attached hydrogen (secondary N) is 1. The number of benzene rings is 1. The standard InChI is InChI=1S/C20H25N5O2/c1-15(25-9-6-16-4-2-3-5-17(16)14-25)20(27)24-12-10-23(11-13-24)18-19(26)22-8-7-21-18/h2-5,7-8,15H,6,9-14H2,1H3,(H,22,26). The summed E-state index contributed by atoms with van der Waals surface area (Å²) < 4.78 is 0. The molecule has 1 aromatic heterocycles. The molecule has 7 nitrogen and oxygen atoms in total. The lowest BCUT2D eigenvalue weighted by atomic mass is 9.98. The largest absolute Gasteiger partial charge is 0.348 e. The minimum absolute atomic E-state index is 0.136. The molecule has 1 N–H and O–H groups in total. The number of piperazine rings is 1. The normalized spacial score (nSPS) is 18.9. The molecule has 1 aromatic carbocycles. The Bertz CT molecular complexity index is 872. The third kappa shape index (κ3) is 3.60. The lowest BCUT2D eigenvalue weighted by molar-refractivity contribution is -0.137. The lowest BCUT2D eigenvalue weighted by Crippen LogP contribution is -2.55. The van der Waals surface area contributed by atoms with Crippen LogP contribution in [0, 0.1) is 0 Å². The molecule has 0 saturated carbocycles. The van der Waals surface area contributed by atoms with E-state index in [0.29, 0.717) is 32.0 Å². The SMILES string of the molecule is CC(C(=O)N1CCN(c2ncc[nH]c2=O)CC1)N1CCc2ccccc2C1. The summed E-state index contributed by atoms with van der Waals surface area (Å²) in [4.78, 5) is 37.9. The Hall–Kier alpha value is -2.67. The molecular formula is C20H25N5O2. The molecule has 0 bridgehead atoms. The highest BCUT2D eigenvalue weighted by Gasteiger charge is 2.30. The minimum atomic E-state index is -0.183. The first-order valence-electron chi connectivity index (χ1n) is 9.52. The van der Waals surface area contributed by atoms with Gasteiger partial charge in [-0.1, -0.05) is 24.3 Å². The van der Waals surface area contributed by atoms with E-state index in [1.165, 1.54) is 17.3 Å². The third-order valence-corrected chi connectivity index (χ3v) is 5.65. The molecule has 27 heavy (non-hydrogen) atoms. The van der Waals surface area contributed by atoms with E-state index in [1.807, 2.05) is 16.7 Å². The predicted octanol–water partition coefficient (Wildman–Crippen LogP) is 0.865. The molecule has 142 valence electrons. The number of fused-ring (bicyclic) bond motifs is 1. The first-order valence-corrected chi connectivity index (χ1v) is 9.52. The topological polar surface area (TPSA) is 72.5 Å². The first kappa shape index (κ1) is 17.7. The fraction of sp³-hybridized carbons (Fsp3) is 0.450. The fourth-order valence-corrected chi connectivity index (χ4v) is 3.98. The first-order chi connectivity index (χ1) is 13.1. The molecule has 2 aliphatic rings. The Morgan fingerprint density at radius 3 is 2.59 bits per heavy atom. The average Bonchev–Trinajstić information content (AvgIpc) is 2.73. The molecule has 3 heterocycles. The highest BCUT2D eigenvalue weighted by molar-refractivity contribution is 5.81. The van der Waals surface area contributed by atoms with E-state index in [1.54, 1.807) is 6.20 Å². The molecule has 0 radical (unpaired) electrons. The van der Waals surface area contributed by atoms with E-state index >= 15 is 0 Å². The highest BCUT2D eigenvalue weighted by Crippen LogP contribution is 2.21. The van der Waals surface area contributed by atoms with Gasteiger partial charge >= 0.3 is 0 Å². The number of carbonyl (C=O) groups excluding carboxylic acids is 1. The molecule has 1 amide bonds. The number of anilines is 1. The van der Waals surface area contributed by atoms with E-state index in [-0.39, 0.29) is 17.5 Å². The van der Waals surface area contributed by atoms with Crippen LogP contribution in [0.15, 0.2) is 41.5 Å². The van der Waals surface area contributed by atoms with Gasteiger partial charge in [0.1, 0.15) is 0 Å². The average molecular weight is 367 g/mol. The molecule has 4 rings (SSSR count). The zero-order valence-electron chi connectivity index (χ0n) is 15.6. The summed E-state index contributed by atoms with van der Waals surface area (Å²) in [6.07, 6.45) is 4.11. The summed E-state index contributed by atoms with van der Waals surface area (Å²) in [6.45, 7) is 6.22. The molecular weight excluding hydrogens is 342 g/mol. The molecule has 1 fully saturated rings. The number of hydrogen-bond donors (Lipinski definition) is 1. The Balaban J connectivity index is 1.37. The summed E-state index contributed by atoms with van der Waals surface area (Å²) in [5, 5.41) is 0. The van der Waals surface area contributed by atoms with Crippen LogP contribution in [0.2, 0.25) is 0 Å². The monoisotopic (exact) mass is 367 g/mol. The molecule has 1 saturated heterocycles. The number of rotatable bonds is 3. The molecule has 7 heteroatoms. The number of H-pyrrole nitrogens is 1. The minimum Gasteiger partial charge on any atom is -0.348 e. The summed E-state index contributed by atoms with van der Waals surface area (Å²) in [7, 11) is 0. The maximum absolute atomic E-state index is 13.0. The molecule has 1 atom stereocenters. The number of aromatic nitrogens is 2. The Morgan fingerprint density at radius 2 is 1.85 bits per heavy atom. The van der Waals surface area contributed by atoms with Gasteiger partial charge in [0.15, 0.2) is 5.82 Å². The van der Waals surface area contributed by atoms with Crippen molar-refractivity contribution in [2.45, 2.75) is 25.9 Å². The van der Waals surface area contributed by atoms with Gasteiger partial charge in [-0.3, -0.25) is 14.5 Å². The van der Waals surface area contributed by atoms with Crippen molar-refractivity contribution in [3.63, 3.8) is 0 Å². The second kappa shape index (κ2) is 7.52. The maximum atomic E-state index is 13.0. The van der Waals surface area contributed by atoms with Crippen molar-refractivity contribution in [1.29, 1.82) is 0 Å². The van der Waals surface area contributed by atoms with E-state index < -0.39 is 0 Å². The number of carbonyl (C=O) groups is 1. The number of hydrogen-bond acceptors (Lipinski definition) is 5. The zero-order valence-corrected chi connectivity index (χ0v) is 15.6. The molecule has 0 spiro atoms. The van der Waals surface area contributed by atoms with Gasteiger partial charge in [0.2, 0.25) is 5.91 Å². The van der Waals surface area contributed by atoms with Gasteiger partial charge in [0.05, 0.1) is 6.04 Å². The van der Waals surface area contributed by atoms with Crippen LogP contribution in [-0.2, 0) is 17.8 Å². The van der Waals surface area contributed by atoms with Gasteiger partial charge in [-0.15, -0.1) is 0 Å². The van der Waals surface area contributed by atoms with Gasteiger partial charge in [-0.2, -0.15) is 0 Å². The summed E-state index contributed by atoms with van der Waals surface area (Å²) in [5.74, 6) is 0.606. The molecule has 2 aliphatic heterocycles. The third-order valence-electron chi connectivity index (χ3n) is 5.65. The Labute approximate surface area is 158 Å². The number of amides is 1. The predicted molar refractivity (Wildman–Crippen MR) is 104 cm³/mol. The second-order valence-electron chi connectivity index (χ2n) is 7.22. The van der Waals surface area contributed by atoms with Crippen LogP contribution in [0.4, 0.5) is 5.82 Å². The van der Waals surface area contributed by atoms with Crippen molar-refractivity contribution in [3.8, 4) is 0 Å². The Kier molecular flexibility index (Phi) is 4.94. The summed E-state index contributed by atoms with van der Waals surface area (Å²) >= 11 is 0. The fourth-order valence-electron chi connectivity index (χ4n) is 3.98. The smallest absolute Gasteiger partial charge is 0.290 e. The quantitative estimate of drug-likeness (QED) is 0.871. The van der Waals surface area contributed by atoms with Crippen LogP contribution in [-0.4, -0.2) is 64.4 Å². The van der Waals surface area contributed by atoms with Gasteiger partial charge in [-0.05, 0) is 24.5 Å². The van der Waals surface area contributed by atoms with Gasteiger partial charge in [0.25, 0.3) is 5.56 Å². The second-order valence-corrected chi connectivity index (χ2v) is 7.22. The van der Waals surface area contributed by atoms with Gasteiger partial charge in [-0.25, -0.2) is 4.98 Å². The molecule has 0 aliphatic carbocycles. The van der Waals surface area contributed by atoms with Crippen LogP contribution in [0.3, 0.4) is 0 Å². The van der Waals surface area contributed by atoms with E-state index in [2.05, 4.69) is 39.1 Å². The van der Waals surface area contributed by atoms with Crippen molar-refractivity contribution >= 4 is 11.7 Å². The summed E-state index contributed by atoms with van der Waals surface area (Å²) in [5.41, 5.74) is 2.53. The van der Waals surface area contributed by atoms with Crippen LogP contribution < -0.4 is 10.5 Å². The van der Waals surface area contributed by atoms with Gasteiger partial charge < -0.3 is 14.8 Å². The van der Waals surface area contributed by atoms with Crippen LogP contribution >= 0.6 is 0 Å². The maximum Gasteiger partial charge on any atom is 0.290 e. The van der Waals surface area contributed by atoms with Crippen molar-refractivity contribution in [1.82, 2.24) is 19.8 Å². The van der Waals surface area contributed by atoms with E-state index in [0.717, 1.165) is 19.5 Å². The number of aromatic amines is 1.